The van der Waals surface area contributed by atoms with Gasteiger partial charge >= 0.3 is 6.03 Å². The predicted octanol–water partition coefficient (Wildman–Crippen LogP) is 4.09. The van der Waals surface area contributed by atoms with Gasteiger partial charge < -0.3 is 20.9 Å². The van der Waals surface area contributed by atoms with Crippen LogP contribution in [0.2, 0.25) is 0 Å². The number of carbonyl (C=O) groups excluding carboxylic acids is 3. The Labute approximate surface area is 189 Å². The molecule has 3 N–H and O–H groups in total. The molecule has 0 aromatic heterocycles. The number of rotatable bonds is 7. The van der Waals surface area contributed by atoms with Crippen LogP contribution in [0.25, 0.3) is 0 Å². The molecule has 4 amide bonds. The van der Waals surface area contributed by atoms with Gasteiger partial charge in [0.25, 0.3) is 0 Å². The zero-order valence-corrected chi connectivity index (χ0v) is 19.0. The lowest BCUT2D eigenvalue weighted by Crippen LogP contribution is -2.48. The largest absolute Gasteiger partial charge is 0.352 e. The minimum atomic E-state index is -0.387. The minimum Gasteiger partial charge on any atom is -0.352 e. The third kappa shape index (κ3) is 6.09. The number of aryl methyl sites for hydroxylation is 1. The summed E-state index contributed by atoms with van der Waals surface area (Å²) in [6.45, 7) is 6.53. The van der Waals surface area contributed by atoms with E-state index in [0.29, 0.717) is 18.7 Å². The highest BCUT2D eigenvalue weighted by atomic mass is 16.2. The summed E-state index contributed by atoms with van der Waals surface area (Å²) in [5.74, 6) is -0.116. The first-order valence-electron chi connectivity index (χ1n) is 11.2. The van der Waals surface area contributed by atoms with Crippen LogP contribution in [0.4, 0.5) is 16.2 Å². The molecular formula is C25H32N4O3. The van der Waals surface area contributed by atoms with Gasteiger partial charge in [-0.25, -0.2) is 4.79 Å². The zero-order valence-electron chi connectivity index (χ0n) is 19.0. The van der Waals surface area contributed by atoms with Crippen molar-refractivity contribution >= 4 is 29.2 Å². The fourth-order valence-corrected chi connectivity index (χ4v) is 3.76. The van der Waals surface area contributed by atoms with E-state index < -0.39 is 0 Å². The minimum absolute atomic E-state index is 0.0511. The van der Waals surface area contributed by atoms with Gasteiger partial charge in [0.05, 0.1) is 6.42 Å². The molecule has 7 heteroatoms. The molecule has 0 spiro atoms. The maximum absolute atomic E-state index is 12.8. The molecule has 3 rings (SSSR count). The number of hydrogen-bond acceptors (Lipinski definition) is 3. The molecule has 170 valence electrons. The van der Waals surface area contributed by atoms with Crippen LogP contribution >= 0.6 is 0 Å². The van der Waals surface area contributed by atoms with Crippen LogP contribution in [0.3, 0.4) is 0 Å². The van der Waals surface area contributed by atoms with Crippen molar-refractivity contribution in [2.45, 2.75) is 58.5 Å². The van der Waals surface area contributed by atoms with Crippen molar-refractivity contribution in [3.8, 4) is 0 Å². The molecule has 1 heterocycles. The summed E-state index contributed by atoms with van der Waals surface area (Å²) in [6.07, 6.45) is 2.62. The molecule has 2 aromatic carbocycles. The quantitative estimate of drug-likeness (QED) is 0.611. The number of nitrogens with zero attached hydrogens (tertiary/aromatic N) is 1. The Bertz CT molecular complexity index is 958. The van der Waals surface area contributed by atoms with E-state index in [0.717, 1.165) is 29.7 Å². The lowest BCUT2D eigenvalue weighted by Gasteiger charge is -2.25. The maximum atomic E-state index is 12.8. The third-order valence-electron chi connectivity index (χ3n) is 5.84. The van der Waals surface area contributed by atoms with Crippen LogP contribution in [0, 0.1) is 6.92 Å². The molecule has 1 fully saturated rings. The highest BCUT2D eigenvalue weighted by Gasteiger charge is 2.34. The number of carbonyl (C=O) groups is 3. The van der Waals surface area contributed by atoms with Crippen LogP contribution < -0.4 is 16.0 Å². The monoisotopic (exact) mass is 436 g/mol. The van der Waals surface area contributed by atoms with E-state index in [2.05, 4.69) is 16.0 Å². The van der Waals surface area contributed by atoms with E-state index in [1.165, 1.54) is 0 Å². The summed E-state index contributed by atoms with van der Waals surface area (Å²) in [5, 5.41) is 8.62. The lowest BCUT2D eigenvalue weighted by atomic mass is 10.1. The van der Waals surface area contributed by atoms with Crippen molar-refractivity contribution in [2.24, 2.45) is 0 Å². The number of nitrogens with one attached hydrogen (secondary N) is 3. The van der Waals surface area contributed by atoms with Crippen molar-refractivity contribution in [1.29, 1.82) is 0 Å². The van der Waals surface area contributed by atoms with Crippen LogP contribution in [0.15, 0.2) is 48.5 Å². The van der Waals surface area contributed by atoms with Crippen molar-refractivity contribution in [2.75, 3.05) is 17.2 Å². The third-order valence-corrected chi connectivity index (χ3v) is 5.84. The fraction of sp³-hybridized carbons (Fsp3) is 0.400. The standard InChI is InChI=1S/C25H32N4O3/c1-4-18(3)26-24(31)22-10-7-15-29(22)23(30)16-19-11-13-20(14-12-19)27-25(32)28-21-9-6-5-8-17(21)2/h5-6,8-9,11-14,18,22H,4,7,10,15-16H2,1-3H3,(H,26,31)(H2,27,28,32)/t18?,22-/m0/s1. The summed E-state index contributed by atoms with van der Waals surface area (Å²) in [7, 11) is 0. The Hall–Kier alpha value is -3.35. The van der Waals surface area contributed by atoms with Gasteiger partial charge in [0.1, 0.15) is 6.04 Å². The molecule has 1 unspecified atom stereocenters. The van der Waals surface area contributed by atoms with E-state index in [1.54, 1.807) is 17.0 Å². The van der Waals surface area contributed by atoms with Crippen molar-refractivity contribution < 1.29 is 14.4 Å². The van der Waals surface area contributed by atoms with Gasteiger partial charge in [0.15, 0.2) is 0 Å². The first-order valence-corrected chi connectivity index (χ1v) is 11.2. The number of benzene rings is 2. The van der Waals surface area contributed by atoms with Crippen LogP contribution in [0.1, 0.15) is 44.2 Å². The van der Waals surface area contributed by atoms with Crippen LogP contribution in [-0.4, -0.2) is 41.4 Å². The van der Waals surface area contributed by atoms with E-state index in [9.17, 15) is 14.4 Å². The topological polar surface area (TPSA) is 90.5 Å². The first kappa shape index (κ1) is 23.3. The first-order chi connectivity index (χ1) is 15.4. The summed E-state index contributed by atoms with van der Waals surface area (Å²) >= 11 is 0. The Morgan fingerprint density at radius 2 is 1.78 bits per heavy atom. The van der Waals surface area contributed by atoms with E-state index in [4.69, 9.17) is 0 Å². The molecule has 1 aliphatic heterocycles. The number of urea groups is 1. The second kappa shape index (κ2) is 10.8. The second-order valence-corrected chi connectivity index (χ2v) is 8.33. The van der Waals surface area contributed by atoms with Crippen molar-refractivity contribution in [3.05, 3.63) is 59.7 Å². The summed E-state index contributed by atoms with van der Waals surface area (Å²) < 4.78 is 0. The van der Waals surface area contributed by atoms with Gasteiger partial charge in [0, 0.05) is 24.0 Å². The average Bonchev–Trinajstić information content (AvgIpc) is 3.27. The fourth-order valence-electron chi connectivity index (χ4n) is 3.76. The molecule has 32 heavy (non-hydrogen) atoms. The van der Waals surface area contributed by atoms with Gasteiger partial charge in [-0.2, -0.15) is 0 Å². The van der Waals surface area contributed by atoms with E-state index >= 15 is 0 Å². The molecule has 0 aliphatic carbocycles. The van der Waals surface area contributed by atoms with Gasteiger partial charge in [-0.3, -0.25) is 9.59 Å². The van der Waals surface area contributed by atoms with Crippen LogP contribution in [0.5, 0.6) is 0 Å². The average molecular weight is 437 g/mol. The molecule has 7 nitrogen and oxygen atoms in total. The van der Waals surface area contributed by atoms with Gasteiger partial charge in [0.2, 0.25) is 11.8 Å². The predicted molar refractivity (Wildman–Crippen MR) is 127 cm³/mol. The second-order valence-electron chi connectivity index (χ2n) is 8.33. The number of para-hydroxylation sites is 1. The molecule has 2 atom stereocenters. The summed E-state index contributed by atoms with van der Waals surface area (Å²) in [4.78, 5) is 39.3. The molecule has 0 radical (unpaired) electrons. The molecule has 1 aliphatic rings. The van der Waals surface area contributed by atoms with Crippen LogP contribution in [-0.2, 0) is 16.0 Å². The Kier molecular flexibility index (Phi) is 7.87. The normalized spacial score (nSPS) is 16.3. The maximum Gasteiger partial charge on any atom is 0.323 e. The summed E-state index contributed by atoms with van der Waals surface area (Å²) in [5.41, 5.74) is 3.21. The highest BCUT2D eigenvalue weighted by Crippen LogP contribution is 2.20. The van der Waals surface area contributed by atoms with E-state index in [-0.39, 0.29) is 36.3 Å². The van der Waals surface area contributed by atoms with Gasteiger partial charge in [-0.05, 0) is 62.4 Å². The molecular weight excluding hydrogens is 404 g/mol. The Balaban J connectivity index is 1.54. The number of likely N-dealkylation sites (tertiary alicyclic amines) is 1. The SMILES string of the molecule is CCC(C)NC(=O)[C@@H]1CCCN1C(=O)Cc1ccc(NC(=O)Nc2ccccc2C)cc1. The summed E-state index contributed by atoms with van der Waals surface area (Å²) in [6, 6.07) is 14.2. The van der Waals surface area contributed by atoms with E-state index in [1.807, 2.05) is 57.2 Å². The highest BCUT2D eigenvalue weighted by molar-refractivity contribution is 6.00. The number of anilines is 2. The molecule has 1 saturated heterocycles. The smallest absolute Gasteiger partial charge is 0.323 e. The lowest BCUT2D eigenvalue weighted by molar-refractivity contribution is -0.138. The molecule has 0 saturated carbocycles. The van der Waals surface area contributed by atoms with Crippen molar-refractivity contribution in [3.63, 3.8) is 0 Å². The number of hydrogen-bond donors (Lipinski definition) is 3. The van der Waals surface area contributed by atoms with Gasteiger partial charge in [-0.1, -0.05) is 37.3 Å². The molecule has 0 bridgehead atoms. The Morgan fingerprint density at radius 1 is 1.06 bits per heavy atom. The number of amides is 4. The van der Waals surface area contributed by atoms with Crippen molar-refractivity contribution in [1.82, 2.24) is 10.2 Å². The molecule has 2 aromatic rings. The van der Waals surface area contributed by atoms with Gasteiger partial charge in [-0.15, -0.1) is 0 Å². The zero-order chi connectivity index (χ0) is 23.1. The Morgan fingerprint density at radius 3 is 2.47 bits per heavy atom.